The van der Waals surface area contributed by atoms with E-state index in [0.717, 1.165) is 12.8 Å². The molecule has 5 nitrogen and oxygen atoms in total. The number of hydrogen-bond donors (Lipinski definition) is 2. The first-order chi connectivity index (χ1) is 8.25. The number of carbonyl (C=O) groups is 2. The number of hydrogen-bond acceptors (Lipinski definition) is 3. The van der Waals surface area contributed by atoms with E-state index in [0.29, 0.717) is 25.1 Å². The molecule has 0 saturated carbocycles. The van der Waals surface area contributed by atoms with E-state index in [-0.39, 0.29) is 11.8 Å². The van der Waals surface area contributed by atoms with Crippen molar-refractivity contribution >= 4 is 11.8 Å². The highest BCUT2D eigenvalue weighted by Gasteiger charge is 2.22. The van der Waals surface area contributed by atoms with Gasteiger partial charge in [-0.15, -0.1) is 0 Å². The summed E-state index contributed by atoms with van der Waals surface area (Å²) in [5, 5.41) is 5.48. The lowest BCUT2D eigenvalue weighted by atomic mass is 10.1. The van der Waals surface area contributed by atoms with Crippen LogP contribution in [-0.4, -0.2) is 17.9 Å². The molecule has 1 fully saturated rings. The van der Waals surface area contributed by atoms with Crippen LogP contribution in [0.25, 0.3) is 0 Å². The van der Waals surface area contributed by atoms with Crippen molar-refractivity contribution in [2.45, 2.75) is 38.3 Å². The van der Waals surface area contributed by atoms with Crippen LogP contribution >= 0.6 is 0 Å². The fraction of sp³-hybridized carbons (Fsp3) is 0.500. The Balaban J connectivity index is 1.84. The lowest BCUT2D eigenvalue weighted by Gasteiger charge is -2.14. The van der Waals surface area contributed by atoms with E-state index in [9.17, 15) is 9.59 Å². The SMILES string of the molecule is O=C1CCCC[C@@H](C(=O)NCc2ccco2)N1. The zero-order valence-electron chi connectivity index (χ0n) is 9.57. The van der Waals surface area contributed by atoms with Crippen molar-refractivity contribution in [3.63, 3.8) is 0 Å². The van der Waals surface area contributed by atoms with E-state index < -0.39 is 6.04 Å². The first kappa shape index (κ1) is 11.7. The first-order valence-electron chi connectivity index (χ1n) is 5.85. The Hall–Kier alpha value is -1.78. The maximum Gasteiger partial charge on any atom is 0.242 e. The molecule has 2 rings (SSSR count). The van der Waals surface area contributed by atoms with Gasteiger partial charge in [-0.05, 0) is 25.0 Å². The molecule has 0 aromatic carbocycles. The smallest absolute Gasteiger partial charge is 0.242 e. The second-order valence-electron chi connectivity index (χ2n) is 4.16. The summed E-state index contributed by atoms with van der Waals surface area (Å²) in [5.74, 6) is 0.524. The van der Waals surface area contributed by atoms with Gasteiger partial charge in [0.1, 0.15) is 11.8 Å². The molecule has 17 heavy (non-hydrogen) atoms. The molecule has 2 heterocycles. The minimum absolute atomic E-state index is 0.0411. The molecule has 0 bridgehead atoms. The third-order valence-electron chi connectivity index (χ3n) is 2.82. The fourth-order valence-corrected chi connectivity index (χ4v) is 1.88. The van der Waals surface area contributed by atoms with Crippen molar-refractivity contribution in [1.82, 2.24) is 10.6 Å². The Morgan fingerprint density at radius 1 is 1.53 bits per heavy atom. The Bertz CT molecular complexity index is 386. The Kier molecular flexibility index (Phi) is 3.80. The minimum Gasteiger partial charge on any atom is -0.467 e. The van der Waals surface area contributed by atoms with Crippen LogP contribution in [-0.2, 0) is 16.1 Å². The predicted molar refractivity (Wildman–Crippen MR) is 61.0 cm³/mol. The molecule has 0 radical (unpaired) electrons. The van der Waals surface area contributed by atoms with Crippen molar-refractivity contribution in [1.29, 1.82) is 0 Å². The molecule has 2 N–H and O–H groups in total. The summed E-state index contributed by atoms with van der Waals surface area (Å²) in [6.07, 6.45) is 4.54. The van der Waals surface area contributed by atoms with Gasteiger partial charge in [-0.2, -0.15) is 0 Å². The zero-order valence-corrected chi connectivity index (χ0v) is 9.57. The van der Waals surface area contributed by atoms with Crippen LogP contribution in [0.2, 0.25) is 0 Å². The van der Waals surface area contributed by atoms with E-state index in [1.54, 1.807) is 18.4 Å². The van der Waals surface area contributed by atoms with Crippen LogP contribution in [0.3, 0.4) is 0 Å². The third-order valence-corrected chi connectivity index (χ3v) is 2.82. The van der Waals surface area contributed by atoms with Crippen molar-refractivity contribution in [2.24, 2.45) is 0 Å². The first-order valence-corrected chi connectivity index (χ1v) is 5.85. The molecule has 0 spiro atoms. The number of amides is 2. The number of rotatable bonds is 3. The molecule has 1 atom stereocenters. The van der Waals surface area contributed by atoms with E-state index in [1.165, 1.54) is 0 Å². The van der Waals surface area contributed by atoms with Crippen LogP contribution in [0.4, 0.5) is 0 Å². The topological polar surface area (TPSA) is 71.3 Å². The van der Waals surface area contributed by atoms with Crippen LogP contribution in [0.15, 0.2) is 22.8 Å². The lowest BCUT2D eigenvalue weighted by molar-refractivity contribution is -0.128. The second-order valence-corrected chi connectivity index (χ2v) is 4.16. The molecular formula is C12H16N2O3. The number of furan rings is 1. The Morgan fingerprint density at radius 2 is 2.41 bits per heavy atom. The molecular weight excluding hydrogens is 220 g/mol. The summed E-state index contributed by atoms with van der Waals surface area (Å²) < 4.78 is 5.11. The molecule has 1 aliphatic heterocycles. The maximum absolute atomic E-state index is 11.8. The summed E-state index contributed by atoms with van der Waals surface area (Å²) in [6, 6.07) is 3.17. The quantitative estimate of drug-likeness (QED) is 0.821. The van der Waals surface area contributed by atoms with Gasteiger partial charge in [0.25, 0.3) is 0 Å². The van der Waals surface area contributed by atoms with Crippen LogP contribution in [0.5, 0.6) is 0 Å². The highest BCUT2D eigenvalue weighted by atomic mass is 16.3. The van der Waals surface area contributed by atoms with Crippen LogP contribution in [0, 0.1) is 0 Å². The zero-order chi connectivity index (χ0) is 12.1. The van der Waals surface area contributed by atoms with Gasteiger partial charge in [0, 0.05) is 6.42 Å². The molecule has 5 heteroatoms. The fourth-order valence-electron chi connectivity index (χ4n) is 1.88. The van der Waals surface area contributed by atoms with Crippen molar-refractivity contribution in [3.05, 3.63) is 24.2 Å². The maximum atomic E-state index is 11.8. The van der Waals surface area contributed by atoms with Crippen molar-refractivity contribution in [3.8, 4) is 0 Å². The third kappa shape index (κ3) is 3.34. The van der Waals surface area contributed by atoms with E-state index >= 15 is 0 Å². The molecule has 1 aromatic rings. The largest absolute Gasteiger partial charge is 0.467 e. The van der Waals surface area contributed by atoms with Gasteiger partial charge in [0.2, 0.25) is 11.8 Å². The van der Waals surface area contributed by atoms with Gasteiger partial charge in [-0.1, -0.05) is 6.42 Å². The van der Waals surface area contributed by atoms with E-state index in [1.807, 2.05) is 0 Å². The lowest BCUT2D eigenvalue weighted by Crippen LogP contribution is -2.45. The molecule has 1 aromatic heterocycles. The van der Waals surface area contributed by atoms with Gasteiger partial charge in [0.15, 0.2) is 0 Å². The molecule has 0 aliphatic carbocycles. The van der Waals surface area contributed by atoms with Gasteiger partial charge < -0.3 is 15.1 Å². The minimum atomic E-state index is -0.403. The molecule has 0 unspecified atom stereocenters. The Labute approximate surface area is 99.6 Å². The van der Waals surface area contributed by atoms with Gasteiger partial charge in [-0.25, -0.2) is 0 Å². The average Bonchev–Trinajstić information content (AvgIpc) is 2.74. The summed E-state index contributed by atoms with van der Waals surface area (Å²) in [4.78, 5) is 23.1. The predicted octanol–water partition coefficient (Wildman–Crippen LogP) is 0.955. The highest BCUT2D eigenvalue weighted by Crippen LogP contribution is 2.09. The molecule has 2 amide bonds. The van der Waals surface area contributed by atoms with Gasteiger partial charge >= 0.3 is 0 Å². The van der Waals surface area contributed by atoms with Gasteiger partial charge in [0.05, 0.1) is 12.8 Å². The summed E-state index contributed by atoms with van der Waals surface area (Å²) in [7, 11) is 0. The van der Waals surface area contributed by atoms with Crippen molar-refractivity contribution < 1.29 is 14.0 Å². The molecule has 92 valence electrons. The van der Waals surface area contributed by atoms with Crippen molar-refractivity contribution in [2.75, 3.05) is 0 Å². The summed E-state index contributed by atoms with van der Waals surface area (Å²) >= 11 is 0. The van der Waals surface area contributed by atoms with Gasteiger partial charge in [-0.3, -0.25) is 9.59 Å². The summed E-state index contributed by atoms with van der Waals surface area (Å²) in [5.41, 5.74) is 0. The number of nitrogens with one attached hydrogen (secondary N) is 2. The molecule has 1 aliphatic rings. The number of carbonyl (C=O) groups excluding carboxylic acids is 2. The van der Waals surface area contributed by atoms with Crippen LogP contribution < -0.4 is 10.6 Å². The normalized spacial score (nSPS) is 20.5. The standard InChI is InChI=1S/C12H16N2O3/c15-11-6-2-1-5-10(14-11)12(16)13-8-9-4-3-7-17-9/h3-4,7,10H,1-2,5-6,8H2,(H,13,16)(H,14,15)/t10-/m0/s1. The molecule has 1 saturated heterocycles. The van der Waals surface area contributed by atoms with E-state index in [2.05, 4.69) is 10.6 Å². The van der Waals surface area contributed by atoms with E-state index in [4.69, 9.17) is 4.42 Å². The summed E-state index contributed by atoms with van der Waals surface area (Å²) in [6.45, 7) is 0.359. The second kappa shape index (κ2) is 5.52. The monoisotopic (exact) mass is 236 g/mol. The van der Waals surface area contributed by atoms with Crippen LogP contribution in [0.1, 0.15) is 31.4 Å². The highest BCUT2D eigenvalue weighted by molar-refractivity contribution is 5.87. The average molecular weight is 236 g/mol. The Morgan fingerprint density at radius 3 is 3.18 bits per heavy atom.